The largest absolute Gasteiger partial charge is 0.416 e. The van der Waals surface area contributed by atoms with E-state index in [0.717, 1.165) is 40.7 Å². The van der Waals surface area contributed by atoms with Gasteiger partial charge in [-0.05, 0) is 49.9 Å². The van der Waals surface area contributed by atoms with Crippen LogP contribution in [0.1, 0.15) is 48.5 Å². The minimum absolute atomic E-state index is 0.270. The molecule has 1 saturated carbocycles. The molecule has 1 aliphatic rings. The summed E-state index contributed by atoms with van der Waals surface area (Å²) in [5, 5.41) is 7.40. The summed E-state index contributed by atoms with van der Waals surface area (Å²) in [6.07, 6.45) is 1.30. The van der Waals surface area contributed by atoms with Crippen molar-refractivity contribution in [1.82, 2.24) is 19.7 Å². The van der Waals surface area contributed by atoms with E-state index in [1.807, 2.05) is 13.1 Å². The summed E-state index contributed by atoms with van der Waals surface area (Å²) in [5.74, 6) is -0.448. The van der Waals surface area contributed by atoms with E-state index in [4.69, 9.17) is 0 Å². The fraction of sp³-hybridized carbons (Fsp3) is 0.381. The summed E-state index contributed by atoms with van der Waals surface area (Å²) in [6, 6.07) is 4.50. The summed E-state index contributed by atoms with van der Waals surface area (Å²) in [7, 11) is 0. The van der Waals surface area contributed by atoms with Crippen molar-refractivity contribution in [2.75, 3.05) is 0 Å². The van der Waals surface area contributed by atoms with E-state index in [1.165, 1.54) is 12.1 Å². The van der Waals surface area contributed by atoms with Crippen LogP contribution < -0.4 is 10.9 Å². The van der Waals surface area contributed by atoms with Crippen LogP contribution in [0, 0.1) is 6.92 Å². The third kappa shape index (κ3) is 3.83. The number of fused-ring (bicyclic) bond motifs is 1. The van der Waals surface area contributed by atoms with Crippen LogP contribution in [0.2, 0.25) is 0 Å². The zero-order chi connectivity index (χ0) is 21.6. The van der Waals surface area contributed by atoms with Crippen molar-refractivity contribution in [2.45, 2.75) is 51.5 Å². The molecule has 30 heavy (non-hydrogen) atoms. The number of aromatic nitrogens is 3. The highest BCUT2D eigenvalue weighted by Gasteiger charge is 2.30. The molecule has 1 aliphatic carbocycles. The SMILES string of the molecule is Cc1cn(C2CC2)c2cnn(CC(=O)NC(C)c3ccc(C(F)(F)F)cc3)c(=O)c12. The molecule has 1 N–H and O–H groups in total. The minimum atomic E-state index is -4.41. The summed E-state index contributed by atoms with van der Waals surface area (Å²) in [5.41, 5.74) is 1.07. The fourth-order valence-electron chi connectivity index (χ4n) is 3.62. The smallest absolute Gasteiger partial charge is 0.348 e. The third-order valence-electron chi connectivity index (χ3n) is 5.38. The van der Waals surface area contributed by atoms with Gasteiger partial charge in [0.2, 0.25) is 5.91 Å². The van der Waals surface area contributed by atoms with E-state index in [-0.39, 0.29) is 12.1 Å². The van der Waals surface area contributed by atoms with Gasteiger partial charge in [0.1, 0.15) is 6.54 Å². The molecule has 1 amide bonds. The molecule has 0 radical (unpaired) electrons. The van der Waals surface area contributed by atoms with Crippen molar-refractivity contribution in [2.24, 2.45) is 0 Å². The second kappa shape index (κ2) is 7.30. The summed E-state index contributed by atoms with van der Waals surface area (Å²) >= 11 is 0. The zero-order valence-corrected chi connectivity index (χ0v) is 16.5. The molecule has 1 fully saturated rings. The number of halogens is 3. The average Bonchev–Trinajstić information content (AvgIpc) is 3.47. The molecular formula is C21H21F3N4O2. The topological polar surface area (TPSA) is 68.9 Å². The second-order valence-electron chi connectivity index (χ2n) is 7.73. The van der Waals surface area contributed by atoms with E-state index >= 15 is 0 Å². The number of carbonyl (C=O) groups is 1. The number of hydrogen-bond acceptors (Lipinski definition) is 3. The van der Waals surface area contributed by atoms with Gasteiger partial charge in [-0.2, -0.15) is 18.3 Å². The van der Waals surface area contributed by atoms with Crippen LogP contribution in [-0.4, -0.2) is 20.3 Å². The Labute approximate surface area is 170 Å². The monoisotopic (exact) mass is 418 g/mol. The Morgan fingerprint density at radius 3 is 2.53 bits per heavy atom. The molecule has 0 bridgehead atoms. The molecule has 2 heterocycles. The lowest BCUT2D eigenvalue weighted by atomic mass is 10.1. The van der Waals surface area contributed by atoms with E-state index in [0.29, 0.717) is 17.0 Å². The normalized spacial score (nSPS) is 15.4. The molecule has 1 unspecified atom stereocenters. The van der Waals surface area contributed by atoms with Gasteiger partial charge >= 0.3 is 6.18 Å². The van der Waals surface area contributed by atoms with Crippen molar-refractivity contribution in [3.8, 4) is 0 Å². The first kappa shape index (κ1) is 20.2. The number of nitrogens with one attached hydrogen (secondary N) is 1. The highest BCUT2D eigenvalue weighted by molar-refractivity contribution is 5.83. The number of nitrogens with zero attached hydrogens (tertiary/aromatic N) is 3. The van der Waals surface area contributed by atoms with Crippen molar-refractivity contribution in [3.05, 3.63) is 63.7 Å². The van der Waals surface area contributed by atoms with Gasteiger partial charge in [-0.3, -0.25) is 9.59 Å². The molecule has 1 atom stereocenters. The number of hydrogen-bond donors (Lipinski definition) is 1. The molecule has 0 aliphatic heterocycles. The average molecular weight is 418 g/mol. The van der Waals surface area contributed by atoms with Crippen LogP contribution >= 0.6 is 0 Å². The Morgan fingerprint density at radius 2 is 1.93 bits per heavy atom. The predicted octanol–water partition coefficient (Wildman–Crippen LogP) is 3.74. The van der Waals surface area contributed by atoms with Crippen LogP contribution in [0.25, 0.3) is 10.9 Å². The van der Waals surface area contributed by atoms with E-state index in [1.54, 1.807) is 13.1 Å². The molecule has 158 valence electrons. The molecule has 4 rings (SSSR count). The van der Waals surface area contributed by atoms with Crippen molar-refractivity contribution in [3.63, 3.8) is 0 Å². The lowest BCUT2D eigenvalue weighted by Gasteiger charge is -2.16. The first-order chi connectivity index (χ1) is 14.1. The Bertz CT molecular complexity index is 1160. The highest BCUT2D eigenvalue weighted by Crippen LogP contribution is 2.38. The summed E-state index contributed by atoms with van der Waals surface area (Å²) in [6.45, 7) is 3.26. The van der Waals surface area contributed by atoms with Crippen molar-refractivity contribution in [1.29, 1.82) is 0 Å². The number of benzene rings is 1. The Morgan fingerprint density at radius 1 is 1.27 bits per heavy atom. The standard InChI is InChI=1S/C21H21F3N4O2/c1-12-10-27(16-7-8-16)17-9-25-28(20(30)19(12)17)11-18(29)26-13(2)14-3-5-15(6-4-14)21(22,23)24/h3-6,9-10,13,16H,7-8,11H2,1-2H3,(H,26,29). The van der Waals surface area contributed by atoms with Crippen LogP contribution in [0.4, 0.5) is 13.2 Å². The van der Waals surface area contributed by atoms with Gasteiger partial charge in [-0.25, -0.2) is 4.68 Å². The van der Waals surface area contributed by atoms with E-state index < -0.39 is 23.7 Å². The van der Waals surface area contributed by atoms with Gasteiger partial charge in [0.15, 0.2) is 0 Å². The van der Waals surface area contributed by atoms with Crippen molar-refractivity contribution < 1.29 is 18.0 Å². The number of alkyl halides is 3. The van der Waals surface area contributed by atoms with Gasteiger partial charge < -0.3 is 9.88 Å². The maximum absolute atomic E-state index is 12.8. The summed E-state index contributed by atoms with van der Waals surface area (Å²) < 4.78 is 41.2. The van der Waals surface area contributed by atoms with Gasteiger partial charge in [-0.15, -0.1) is 0 Å². The van der Waals surface area contributed by atoms with Gasteiger partial charge in [0.05, 0.1) is 28.7 Å². The van der Waals surface area contributed by atoms with Gasteiger partial charge in [-0.1, -0.05) is 12.1 Å². The Kier molecular flexibility index (Phi) is 4.91. The molecule has 0 spiro atoms. The van der Waals surface area contributed by atoms with Crippen molar-refractivity contribution >= 4 is 16.8 Å². The molecular weight excluding hydrogens is 397 g/mol. The molecule has 3 aromatic rings. The highest BCUT2D eigenvalue weighted by atomic mass is 19.4. The number of rotatable bonds is 5. The number of amides is 1. The zero-order valence-electron chi connectivity index (χ0n) is 16.5. The third-order valence-corrected chi connectivity index (χ3v) is 5.38. The predicted molar refractivity (Wildman–Crippen MR) is 105 cm³/mol. The van der Waals surface area contributed by atoms with Crippen LogP contribution in [0.3, 0.4) is 0 Å². The Hall–Kier alpha value is -3.10. The van der Waals surface area contributed by atoms with E-state index in [2.05, 4.69) is 15.0 Å². The van der Waals surface area contributed by atoms with Crippen LogP contribution in [0.15, 0.2) is 41.5 Å². The molecule has 1 aromatic carbocycles. The molecule has 9 heteroatoms. The maximum atomic E-state index is 12.8. The second-order valence-corrected chi connectivity index (χ2v) is 7.73. The fourth-order valence-corrected chi connectivity index (χ4v) is 3.62. The first-order valence-corrected chi connectivity index (χ1v) is 9.69. The summed E-state index contributed by atoms with van der Waals surface area (Å²) in [4.78, 5) is 25.3. The number of aryl methyl sites for hydroxylation is 1. The quantitative estimate of drug-likeness (QED) is 0.686. The number of carbonyl (C=O) groups excluding carboxylic acids is 1. The van der Waals surface area contributed by atoms with Crippen LogP contribution in [0.5, 0.6) is 0 Å². The maximum Gasteiger partial charge on any atom is 0.416 e. The van der Waals surface area contributed by atoms with Gasteiger partial charge in [0.25, 0.3) is 5.56 Å². The first-order valence-electron chi connectivity index (χ1n) is 9.69. The minimum Gasteiger partial charge on any atom is -0.348 e. The molecule has 6 nitrogen and oxygen atoms in total. The lowest BCUT2D eigenvalue weighted by Crippen LogP contribution is -2.35. The molecule has 0 saturated heterocycles. The van der Waals surface area contributed by atoms with Crippen LogP contribution in [-0.2, 0) is 17.5 Å². The van der Waals surface area contributed by atoms with E-state index in [9.17, 15) is 22.8 Å². The Balaban J connectivity index is 1.48. The van der Waals surface area contributed by atoms with Gasteiger partial charge in [0, 0.05) is 12.2 Å². The lowest BCUT2D eigenvalue weighted by molar-refractivity contribution is -0.137. The molecule has 2 aromatic heterocycles.